The highest BCUT2D eigenvalue weighted by Crippen LogP contribution is 2.20. The zero-order chi connectivity index (χ0) is 11.5. The van der Waals surface area contributed by atoms with Gasteiger partial charge in [-0.3, -0.25) is 4.79 Å². The van der Waals surface area contributed by atoms with Crippen LogP contribution < -0.4 is 0 Å². The largest absolute Gasteiger partial charge is 0.323 e. The number of benzene rings is 1. The maximum absolute atomic E-state index is 10.7. The van der Waals surface area contributed by atoms with Crippen LogP contribution in [0.3, 0.4) is 0 Å². The monoisotopic (exact) mass is 213 g/mol. The van der Waals surface area contributed by atoms with Crippen LogP contribution in [-0.4, -0.2) is 10.9 Å². The van der Waals surface area contributed by atoms with Crippen molar-refractivity contribution in [1.82, 2.24) is 4.57 Å². The number of hydrogen-bond acceptors (Lipinski definition) is 1. The molecule has 0 amide bonds. The highest BCUT2D eigenvalue weighted by Gasteiger charge is 2.06. The predicted octanol–water partition coefficient (Wildman–Crippen LogP) is 3.16. The molecule has 0 radical (unpaired) electrons. The summed E-state index contributed by atoms with van der Waals surface area (Å²) < 4.78 is 2.03. The fourth-order valence-corrected chi connectivity index (χ4v) is 2.00. The Morgan fingerprint density at radius 3 is 2.75 bits per heavy atom. The maximum Gasteiger partial charge on any atom is 0.151 e. The summed E-state index contributed by atoms with van der Waals surface area (Å²) in [6, 6.07) is 8.12. The summed E-state index contributed by atoms with van der Waals surface area (Å²) in [7, 11) is 0. The summed E-state index contributed by atoms with van der Waals surface area (Å²) in [5, 5.41) is 0. The second kappa shape index (κ2) is 4.35. The molecule has 0 bridgehead atoms. The summed E-state index contributed by atoms with van der Waals surface area (Å²) in [6.07, 6.45) is 5.67. The van der Waals surface area contributed by atoms with Crippen LogP contribution in [-0.2, 0) is 6.42 Å². The number of carbonyl (C=O) groups is 1. The second-order valence-corrected chi connectivity index (χ2v) is 3.91. The molecule has 0 fully saturated rings. The van der Waals surface area contributed by atoms with Crippen LogP contribution in [0.15, 0.2) is 36.7 Å². The average Bonchev–Trinajstić information content (AvgIpc) is 2.76. The van der Waals surface area contributed by atoms with E-state index in [2.05, 4.69) is 32.0 Å². The SMILES string of the molecule is CCc1cccc(C)c1-n1ccc(C=O)c1. The van der Waals surface area contributed by atoms with E-state index in [9.17, 15) is 4.79 Å². The Balaban J connectivity index is 2.57. The molecule has 0 aliphatic carbocycles. The molecule has 0 N–H and O–H groups in total. The number of rotatable bonds is 3. The first-order valence-corrected chi connectivity index (χ1v) is 5.48. The average molecular weight is 213 g/mol. The Bertz CT molecular complexity index is 511. The van der Waals surface area contributed by atoms with Gasteiger partial charge in [-0.25, -0.2) is 0 Å². The molecule has 0 aliphatic rings. The fourth-order valence-electron chi connectivity index (χ4n) is 2.00. The number of aryl methyl sites for hydroxylation is 2. The van der Waals surface area contributed by atoms with Crippen LogP contribution >= 0.6 is 0 Å². The summed E-state index contributed by atoms with van der Waals surface area (Å²) in [4.78, 5) is 10.7. The molecule has 2 aromatic rings. The number of para-hydroxylation sites is 1. The number of nitrogens with zero attached hydrogens (tertiary/aromatic N) is 1. The van der Waals surface area contributed by atoms with E-state index < -0.39 is 0 Å². The van der Waals surface area contributed by atoms with Gasteiger partial charge >= 0.3 is 0 Å². The number of aromatic nitrogens is 1. The van der Waals surface area contributed by atoms with Crippen LogP contribution in [0.25, 0.3) is 5.69 Å². The van der Waals surface area contributed by atoms with Gasteiger partial charge in [0.15, 0.2) is 6.29 Å². The van der Waals surface area contributed by atoms with Gasteiger partial charge in [-0.15, -0.1) is 0 Å². The van der Waals surface area contributed by atoms with E-state index in [-0.39, 0.29) is 0 Å². The molecule has 82 valence electrons. The van der Waals surface area contributed by atoms with E-state index in [1.807, 2.05) is 23.0 Å². The normalized spacial score (nSPS) is 10.4. The molecule has 0 atom stereocenters. The maximum atomic E-state index is 10.7. The van der Waals surface area contributed by atoms with Crippen molar-refractivity contribution in [1.29, 1.82) is 0 Å². The molecule has 2 nitrogen and oxygen atoms in total. The Kier molecular flexibility index (Phi) is 2.91. The van der Waals surface area contributed by atoms with Crippen molar-refractivity contribution in [3.63, 3.8) is 0 Å². The van der Waals surface area contributed by atoms with Crippen molar-refractivity contribution in [3.05, 3.63) is 53.3 Å². The summed E-state index contributed by atoms with van der Waals surface area (Å²) in [6.45, 7) is 4.23. The number of hydrogen-bond donors (Lipinski definition) is 0. The smallest absolute Gasteiger partial charge is 0.151 e. The van der Waals surface area contributed by atoms with Gasteiger partial charge in [-0.05, 0) is 30.5 Å². The molecule has 0 saturated heterocycles. The van der Waals surface area contributed by atoms with Gasteiger partial charge in [0.05, 0.1) is 5.69 Å². The third-order valence-corrected chi connectivity index (χ3v) is 2.81. The van der Waals surface area contributed by atoms with Crippen molar-refractivity contribution < 1.29 is 4.79 Å². The predicted molar refractivity (Wildman–Crippen MR) is 65.3 cm³/mol. The Morgan fingerprint density at radius 2 is 2.12 bits per heavy atom. The van der Waals surface area contributed by atoms with Crippen molar-refractivity contribution in [2.24, 2.45) is 0 Å². The lowest BCUT2D eigenvalue weighted by atomic mass is 10.1. The Morgan fingerprint density at radius 1 is 1.31 bits per heavy atom. The minimum absolute atomic E-state index is 0.713. The standard InChI is InChI=1S/C14H15NO/c1-3-13-6-4-5-11(2)14(13)15-8-7-12(9-15)10-16/h4-10H,3H2,1-2H3. The molecule has 0 unspecified atom stereocenters. The first-order chi connectivity index (χ1) is 7.76. The van der Waals surface area contributed by atoms with E-state index >= 15 is 0 Å². The van der Waals surface area contributed by atoms with Gasteiger partial charge < -0.3 is 4.57 Å². The van der Waals surface area contributed by atoms with E-state index in [4.69, 9.17) is 0 Å². The molecule has 1 heterocycles. The summed E-state index contributed by atoms with van der Waals surface area (Å²) >= 11 is 0. The lowest BCUT2D eigenvalue weighted by Crippen LogP contribution is -1.99. The lowest BCUT2D eigenvalue weighted by molar-refractivity contribution is 0.112. The van der Waals surface area contributed by atoms with E-state index in [0.717, 1.165) is 12.7 Å². The highest BCUT2D eigenvalue weighted by molar-refractivity contribution is 5.74. The van der Waals surface area contributed by atoms with Gasteiger partial charge in [-0.2, -0.15) is 0 Å². The summed E-state index contributed by atoms with van der Waals surface area (Å²) in [5.41, 5.74) is 4.43. The van der Waals surface area contributed by atoms with Gasteiger partial charge in [0.2, 0.25) is 0 Å². The van der Waals surface area contributed by atoms with E-state index in [1.165, 1.54) is 16.8 Å². The van der Waals surface area contributed by atoms with Crippen molar-refractivity contribution in [2.75, 3.05) is 0 Å². The molecule has 0 spiro atoms. The zero-order valence-electron chi connectivity index (χ0n) is 9.60. The van der Waals surface area contributed by atoms with Gasteiger partial charge in [0.1, 0.15) is 0 Å². The fraction of sp³-hybridized carbons (Fsp3) is 0.214. The summed E-state index contributed by atoms with van der Waals surface area (Å²) in [5.74, 6) is 0. The molecule has 2 heteroatoms. The van der Waals surface area contributed by atoms with Crippen molar-refractivity contribution in [2.45, 2.75) is 20.3 Å². The van der Waals surface area contributed by atoms with Crippen LogP contribution in [0.2, 0.25) is 0 Å². The van der Waals surface area contributed by atoms with Crippen LogP contribution in [0, 0.1) is 6.92 Å². The lowest BCUT2D eigenvalue weighted by Gasteiger charge is -2.12. The second-order valence-electron chi connectivity index (χ2n) is 3.91. The highest BCUT2D eigenvalue weighted by atomic mass is 16.1. The minimum Gasteiger partial charge on any atom is -0.323 e. The molecule has 0 aliphatic heterocycles. The third-order valence-electron chi connectivity index (χ3n) is 2.81. The molecular formula is C14H15NO. The quantitative estimate of drug-likeness (QED) is 0.718. The molecule has 1 aromatic carbocycles. The van der Waals surface area contributed by atoms with Gasteiger partial charge in [0.25, 0.3) is 0 Å². The number of aldehydes is 1. The van der Waals surface area contributed by atoms with E-state index in [1.54, 1.807) is 0 Å². The van der Waals surface area contributed by atoms with Crippen molar-refractivity contribution in [3.8, 4) is 5.69 Å². The molecule has 1 aromatic heterocycles. The molecule has 16 heavy (non-hydrogen) atoms. The van der Waals surface area contributed by atoms with Gasteiger partial charge in [0, 0.05) is 18.0 Å². The van der Waals surface area contributed by atoms with Crippen LogP contribution in [0.5, 0.6) is 0 Å². The third kappa shape index (κ3) is 1.78. The van der Waals surface area contributed by atoms with E-state index in [0.29, 0.717) is 5.56 Å². The van der Waals surface area contributed by atoms with Crippen molar-refractivity contribution >= 4 is 6.29 Å². The first kappa shape index (κ1) is 10.7. The molecular weight excluding hydrogens is 198 g/mol. The van der Waals surface area contributed by atoms with Crippen LogP contribution in [0.4, 0.5) is 0 Å². The van der Waals surface area contributed by atoms with Crippen LogP contribution in [0.1, 0.15) is 28.4 Å². The zero-order valence-corrected chi connectivity index (χ0v) is 9.60. The minimum atomic E-state index is 0.713. The Labute approximate surface area is 95.5 Å². The topological polar surface area (TPSA) is 22.0 Å². The molecule has 0 saturated carbocycles. The first-order valence-electron chi connectivity index (χ1n) is 5.48. The Hall–Kier alpha value is -1.83. The van der Waals surface area contributed by atoms with Gasteiger partial charge in [-0.1, -0.05) is 25.1 Å². The number of carbonyl (C=O) groups excluding carboxylic acids is 1. The molecule has 2 rings (SSSR count).